The normalized spacial score (nSPS) is 18.4. The van der Waals surface area contributed by atoms with Crippen LogP contribution in [0.3, 0.4) is 0 Å². The largest absolute Gasteiger partial charge is 0.481 e. The van der Waals surface area contributed by atoms with E-state index in [2.05, 4.69) is 5.32 Å². The highest BCUT2D eigenvalue weighted by Gasteiger charge is 2.44. The molecule has 0 aromatic heterocycles. The molecule has 0 saturated carbocycles. The molecule has 0 bridgehead atoms. The van der Waals surface area contributed by atoms with E-state index in [4.69, 9.17) is 15.9 Å². The maximum absolute atomic E-state index is 12.7. The van der Waals surface area contributed by atoms with Crippen molar-refractivity contribution >= 4 is 35.5 Å². The summed E-state index contributed by atoms with van der Waals surface area (Å²) in [7, 11) is 0. The number of ketones is 1. The molecular formula is C16H23N3O9. The van der Waals surface area contributed by atoms with Gasteiger partial charge in [-0.3, -0.25) is 24.0 Å². The summed E-state index contributed by atoms with van der Waals surface area (Å²) in [5, 5.41) is 29.1. The number of carboxylic acids is 3. The standard InChI is InChI=1S/C16H23N3O9/c17-7-11(20)18-9(1-3-12(21)22)14(25)8-5-6-19(15(8)26)10(16(27)28)2-4-13(23)24/h8-10H,1-7,17H2,(H,18,20)(H,21,22)(H,23,24)(H,27,28)/t8-,9+,10+/m1/s1. The molecule has 1 heterocycles. The molecule has 28 heavy (non-hydrogen) atoms. The Hall–Kier alpha value is -3.02. The summed E-state index contributed by atoms with van der Waals surface area (Å²) in [5.41, 5.74) is 5.18. The van der Waals surface area contributed by atoms with Gasteiger partial charge in [-0.2, -0.15) is 0 Å². The lowest BCUT2D eigenvalue weighted by Crippen LogP contribution is -2.49. The van der Waals surface area contributed by atoms with Gasteiger partial charge < -0.3 is 31.3 Å². The van der Waals surface area contributed by atoms with Crippen molar-refractivity contribution in [3.63, 3.8) is 0 Å². The average molecular weight is 401 g/mol. The van der Waals surface area contributed by atoms with Crippen molar-refractivity contribution in [2.45, 2.75) is 44.2 Å². The molecule has 1 aliphatic heterocycles. The van der Waals surface area contributed by atoms with Gasteiger partial charge in [0.2, 0.25) is 11.8 Å². The summed E-state index contributed by atoms with van der Waals surface area (Å²) >= 11 is 0. The van der Waals surface area contributed by atoms with Crippen molar-refractivity contribution < 1.29 is 44.1 Å². The highest BCUT2D eigenvalue weighted by atomic mass is 16.4. The fraction of sp³-hybridized carbons (Fsp3) is 0.625. The van der Waals surface area contributed by atoms with Gasteiger partial charge >= 0.3 is 17.9 Å². The van der Waals surface area contributed by atoms with Crippen molar-refractivity contribution in [2.75, 3.05) is 13.1 Å². The van der Waals surface area contributed by atoms with Gasteiger partial charge in [0.15, 0.2) is 5.78 Å². The van der Waals surface area contributed by atoms with Crippen molar-refractivity contribution in [1.82, 2.24) is 10.2 Å². The zero-order valence-electron chi connectivity index (χ0n) is 15.0. The van der Waals surface area contributed by atoms with E-state index in [9.17, 15) is 33.9 Å². The van der Waals surface area contributed by atoms with Crippen LogP contribution in [0.5, 0.6) is 0 Å². The summed E-state index contributed by atoms with van der Waals surface area (Å²) in [6.45, 7) is -0.500. The molecule has 1 saturated heterocycles. The predicted octanol–water partition coefficient (Wildman–Crippen LogP) is -1.97. The van der Waals surface area contributed by atoms with Crippen LogP contribution < -0.4 is 11.1 Å². The van der Waals surface area contributed by atoms with E-state index < -0.39 is 72.9 Å². The Morgan fingerprint density at radius 2 is 1.64 bits per heavy atom. The molecule has 6 N–H and O–H groups in total. The second-order valence-electron chi connectivity index (χ2n) is 6.32. The zero-order chi connectivity index (χ0) is 21.4. The second-order valence-corrected chi connectivity index (χ2v) is 6.32. The Kier molecular flexibility index (Phi) is 8.51. The molecule has 1 aliphatic rings. The number of hydrogen-bond donors (Lipinski definition) is 5. The Morgan fingerprint density at radius 1 is 1.07 bits per heavy atom. The smallest absolute Gasteiger partial charge is 0.326 e. The lowest BCUT2D eigenvalue weighted by Gasteiger charge is -2.25. The molecule has 12 nitrogen and oxygen atoms in total. The van der Waals surface area contributed by atoms with Gasteiger partial charge in [-0.05, 0) is 19.3 Å². The third kappa shape index (κ3) is 6.30. The first-order valence-electron chi connectivity index (χ1n) is 8.58. The number of nitrogens with two attached hydrogens (primary N) is 1. The maximum Gasteiger partial charge on any atom is 0.326 e. The highest BCUT2D eigenvalue weighted by molar-refractivity contribution is 6.06. The quantitative estimate of drug-likeness (QED) is 0.228. The minimum atomic E-state index is -1.39. The van der Waals surface area contributed by atoms with Gasteiger partial charge in [-0.25, -0.2) is 4.79 Å². The number of carbonyl (C=O) groups is 6. The van der Waals surface area contributed by atoms with Crippen LogP contribution >= 0.6 is 0 Å². The number of carboxylic acid groups (broad SMARTS) is 3. The monoisotopic (exact) mass is 401 g/mol. The van der Waals surface area contributed by atoms with Gasteiger partial charge in [0.25, 0.3) is 0 Å². The van der Waals surface area contributed by atoms with Gasteiger partial charge in [0.05, 0.1) is 12.6 Å². The molecule has 156 valence electrons. The van der Waals surface area contributed by atoms with Crippen LogP contribution in [-0.4, -0.2) is 80.9 Å². The number of Topliss-reactive ketones (excluding diaryl/α,β-unsaturated/α-hetero) is 1. The van der Waals surface area contributed by atoms with Gasteiger partial charge in [-0.1, -0.05) is 0 Å². The zero-order valence-corrected chi connectivity index (χ0v) is 15.0. The second kappa shape index (κ2) is 10.3. The van der Waals surface area contributed by atoms with Crippen LogP contribution in [-0.2, 0) is 28.8 Å². The fourth-order valence-corrected chi connectivity index (χ4v) is 3.00. The van der Waals surface area contributed by atoms with E-state index in [1.807, 2.05) is 0 Å². The molecular weight excluding hydrogens is 378 g/mol. The Labute approximate surface area is 159 Å². The van der Waals surface area contributed by atoms with Gasteiger partial charge in [0, 0.05) is 19.4 Å². The number of nitrogens with zero attached hydrogens (tertiary/aromatic N) is 1. The molecule has 3 atom stereocenters. The minimum Gasteiger partial charge on any atom is -0.481 e. The fourth-order valence-electron chi connectivity index (χ4n) is 3.00. The summed E-state index contributed by atoms with van der Waals surface area (Å²) in [5.74, 6) is -7.26. The number of nitrogens with one attached hydrogen (secondary N) is 1. The molecule has 1 rings (SSSR count). The summed E-state index contributed by atoms with van der Waals surface area (Å²) < 4.78 is 0. The first-order valence-corrected chi connectivity index (χ1v) is 8.58. The van der Waals surface area contributed by atoms with Crippen LogP contribution in [0.15, 0.2) is 0 Å². The molecule has 0 unspecified atom stereocenters. The number of rotatable bonds is 12. The van der Waals surface area contributed by atoms with Crippen molar-refractivity contribution in [1.29, 1.82) is 0 Å². The first-order chi connectivity index (χ1) is 13.1. The molecule has 0 aliphatic carbocycles. The third-order valence-electron chi connectivity index (χ3n) is 4.39. The molecule has 0 aromatic rings. The Morgan fingerprint density at radius 3 is 2.14 bits per heavy atom. The van der Waals surface area contributed by atoms with Crippen molar-refractivity contribution in [3.05, 3.63) is 0 Å². The minimum absolute atomic E-state index is 0.0173. The van der Waals surface area contributed by atoms with Crippen LogP contribution in [0.2, 0.25) is 0 Å². The van der Waals surface area contributed by atoms with Gasteiger partial charge in [-0.15, -0.1) is 0 Å². The summed E-state index contributed by atoms with van der Waals surface area (Å²) in [6, 6.07) is -2.64. The van der Waals surface area contributed by atoms with E-state index in [1.54, 1.807) is 0 Å². The Balaban J connectivity index is 2.92. The third-order valence-corrected chi connectivity index (χ3v) is 4.39. The average Bonchev–Trinajstić information content (AvgIpc) is 2.98. The molecule has 0 radical (unpaired) electrons. The van der Waals surface area contributed by atoms with Crippen LogP contribution in [0.25, 0.3) is 0 Å². The van der Waals surface area contributed by atoms with E-state index in [0.29, 0.717) is 0 Å². The number of carbonyl (C=O) groups excluding carboxylic acids is 3. The molecule has 1 fully saturated rings. The lowest BCUT2D eigenvalue weighted by atomic mass is 9.93. The Bertz CT molecular complexity index is 664. The van der Waals surface area contributed by atoms with Gasteiger partial charge in [0.1, 0.15) is 12.0 Å². The number of amides is 2. The summed E-state index contributed by atoms with van der Waals surface area (Å²) in [4.78, 5) is 70.6. The molecule has 2 amide bonds. The van der Waals surface area contributed by atoms with E-state index in [-0.39, 0.29) is 25.8 Å². The van der Waals surface area contributed by atoms with E-state index >= 15 is 0 Å². The number of hydrogen-bond acceptors (Lipinski definition) is 7. The number of likely N-dealkylation sites (tertiary alicyclic amines) is 1. The van der Waals surface area contributed by atoms with E-state index in [0.717, 1.165) is 4.90 Å². The molecule has 0 aromatic carbocycles. The van der Waals surface area contributed by atoms with Crippen molar-refractivity contribution in [3.8, 4) is 0 Å². The topological polar surface area (TPSA) is 204 Å². The lowest BCUT2D eigenvalue weighted by molar-refractivity contribution is -0.151. The summed E-state index contributed by atoms with van der Waals surface area (Å²) in [6.07, 6.45) is -1.47. The van der Waals surface area contributed by atoms with E-state index in [1.165, 1.54) is 0 Å². The maximum atomic E-state index is 12.7. The first kappa shape index (κ1) is 23.0. The highest BCUT2D eigenvalue weighted by Crippen LogP contribution is 2.25. The van der Waals surface area contributed by atoms with Crippen molar-refractivity contribution in [2.24, 2.45) is 11.7 Å². The molecule has 12 heteroatoms. The molecule has 0 spiro atoms. The SMILES string of the molecule is NCC(=O)N[C@@H](CCC(=O)O)C(=O)[C@H]1CCN([C@@H](CCC(=O)O)C(=O)O)C1=O. The van der Waals surface area contributed by atoms with Crippen LogP contribution in [0.1, 0.15) is 32.1 Å². The van der Waals surface area contributed by atoms with Crippen LogP contribution in [0.4, 0.5) is 0 Å². The van der Waals surface area contributed by atoms with Crippen LogP contribution in [0, 0.1) is 5.92 Å². The number of aliphatic carboxylic acids is 3. The predicted molar refractivity (Wildman–Crippen MR) is 91.0 cm³/mol.